The van der Waals surface area contributed by atoms with Crippen LogP contribution in [0.25, 0.3) is 10.8 Å². The van der Waals surface area contributed by atoms with Crippen molar-refractivity contribution in [2.45, 2.75) is 18.9 Å². The Balaban J connectivity index is 1.70. The van der Waals surface area contributed by atoms with E-state index in [-0.39, 0.29) is 12.0 Å². The molecular weight excluding hydrogens is 238 g/mol. The number of carbonyl (C=O) groups excluding carboxylic acids is 1. The van der Waals surface area contributed by atoms with E-state index in [1.54, 1.807) is 0 Å². The number of benzene rings is 2. The predicted octanol–water partition coefficient (Wildman–Crippen LogP) is 2.75. The maximum Gasteiger partial charge on any atom is 0.251 e. The van der Waals surface area contributed by atoms with Gasteiger partial charge in [0.2, 0.25) is 0 Å². The number of hydrogen-bond donors (Lipinski definition) is 1. The predicted molar refractivity (Wildman–Crippen MR) is 75.3 cm³/mol. The lowest BCUT2D eigenvalue weighted by atomic mass is 10.1. The van der Waals surface area contributed by atoms with Gasteiger partial charge in [-0.25, -0.2) is 0 Å². The Labute approximate surface area is 112 Å². The molecule has 0 aliphatic carbocycles. The molecular formula is C16H17NO2. The Morgan fingerprint density at radius 3 is 2.84 bits per heavy atom. The summed E-state index contributed by atoms with van der Waals surface area (Å²) in [5, 5.41) is 5.18. The summed E-state index contributed by atoms with van der Waals surface area (Å²) in [6.45, 7) is 1.42. The van der Waals surface area contributed by atoms with Crippen LogP contribution in [0.1, 0.15) is 23.2 Å². The number of rotatable bonds is 3. The Morgan fingerprint density at radius 1 is 1.21 bits per heavy atom. The van der Waals surface area contributed by atoms with E-state index in [9.17, 15) is 4.79 Å². The van der Waals surface area contributed by atoms with Gasteiger partial charge in [0.05, 0.1) is 6.10 Å². The highest BCUT2D eigenvalue weighted by Crippen LogP contribution is 2.16. The van der Waals surface area contributed by atoms with E-state index in [0.29, 0.717) is 12.1 Å². The van der Waals surface area contributed by atoms with Crippen LogP contribution in [0.4, 0.5) is 0 Å². The van der Waals surface area contributed by atoms with Crippen LogP contribution >= 0.6 is 0 Å². The summed E-state index contributed by atoms with van der Waals surface area (Å²) in [4.78, 5) is 12.1. The van der Waals surface area contributed by atoms with Crippen LogP contribution in [-0.2, 0) is 4.74 Å². The van der Waals surface area contributed by atoms with Gasteiger partial charge in [-0.3, -0.25) is 4.79 Å². The molecule has 1 aliphatic heterocycles. The van der Waals surface area contributed by atoms with E-state index >= 15 is 0 Å². The minimum atomic E-state index is -0.0266. The molecule has 2 aromatic carbocycles. The van der Waals surface area contributed by atoms with Crippen molar-refractivity contribution in [3.8, 4) is 0 Å². The number of hydrogen-bond acceptors (Lipinski definition) is 2. The first-order valence-electron chi connectivity index (χ1n) is 6.71. The molecule has 2 aromatic rings. The number of nitrogens with one attached hydrogen (secondary N) is 1. The fourth-order valence-corrected chi connectivity index (χ4v) is 2.44. The largest absolute Gasteiger partial charge is 0.376 e. The van der Waals surface area contributed by atoms with Crippen molar-refractivity contribution in [3.63, 3.8) is 0 Å². The second kappa shape index (κ2) is 5.41. The molecule has 0 bridgehead atoms. The fraction of sp³-hybridized carbons (Fsp3) is 0.312. The summed E-state index contributed by atoms with van der Waals surface area (Å²) >= 11 is 0. The van der Waals surface area contributed by atoms with E-state index in [0.717, 1.165) is 30.2 Å². The standard InChI is InChI=1S/C16H17NO2/c18-16(17-11-15-6-3-9-19-15)14-8-7-12-4-1-2-5-13(12)10-14/h1-2,4-5,7-8,10,15H,3,6,9,11H2,(H,17,18)/t15-/m0/s1. The molecule has 0 unspecified atom stereocenters. The van der Waals surface area contributed by atoms with Crippen LogP contribution in [0.2, 0.25) is 0 Å². The lowest BCUT2D eigenvalue weighted by Gasteiger charge is -2.11. The maximum atomic E-state index is 12.1. The first-order chi connectivity index (χ1) is 9.33. The van der Waals surface area contributed by atoms with Crippen molar-refractivity contribution in [2.24, 2.45) is 0 Å². The molecule has 3 rings (SSSR count). The van der Waals surface area contributed by atoms with Crippen molar-refractivity contribution in [2.75, 3.05) is 13.2 Å². The van der Waals surface area contributed by atoms with E-state index in [2.05, 4.69) is 5.32 Å². The second-order valence-electron chi connectivity index (χ2n) is 4.91. The van der Waals surface area contributed by atoms with Gasteiger partial charge in [0, 0.05) is 18.7 Å². The fourth-order valence-electron chi connectivity index (χ4n) is 2.44. The first kappa shape index (κ1) is 12.2. The molecule has 0 saturated carbocycles. The quantitative estimate of drug-likeness (QED) is 0.915. The molecule has 0 spiro atoms. The van der Waals surface area contributed by atoms with Gasteiger partial charge in [0.1, 0.15) is 0 Å². The monoisotopic (exact) mass is 255 g/mol. The summed E-state index contributed by atoms with van der Waals surface area (Å²) in [5.74, 6) is -0.0266. The minimum Gasteiger partial charge on any atom is -0.376 e. The van der Waals surface area contributed by atoms with Crippen LogP contribution in [0.15, 0.2) is 42.5 Å². The molecule has 19 heavy (non-hydrogen) atoms. The van der Waals surface area contributed by atoms with Crippen LogP contribution in [0.3, 0.4) is 0 Å². The third kappa shape index (κ3) is 2.76. The van der Waals surface area contributed by atoms with Gasteiger partial charge in [0.25, 0.3) is 5.91 Å². The lowest BCUT2D eigenvalue weighted by molar-refractivity contribution is 0.0858. The summed E-state index contributed by atoms with van der Waals surface area (Å²) in [5.41, 5.74) is 0.705. The molecule has 1 fully saturated rings. The van der Waals surface area contributed by atoms with Gasteiger partial charge in [0.15, 0.2) is 0 Å². The first-order valence-corrected chi connectivity index (χ1v) is 6.71. The normalized spacial score (nSPS) is 18.6. The van der Waals surface area contributed by atoms with E-state index in [1.807, 2.05) is 42.5 Å². The van der Waals surface area contributed by atoms with Crippen molar-refractivity contribution in [3.05, 3.63) is 48.0 Å². The average Bonchev–Trinajstić information content (AvgIpc) is 2.97. The lowest BCUT2D eigenvalue weighted by Crippen LogP contribution is -2.31. The summed E-state index contributed by atoms with van der Waals surface area (Å²) in [6, 6.07) is 13.8. The van der Waals surface area contributed by atoms with Crippen LogP contribution in [-0.4, -0.2) is 25.2 Å². The van der Waals surface area contributed by atoms with Gasteiger partial charge in [-0.1, -0.05) is 30.3 Å². The van der Waals surface area contributed by atoms with Crippen molar-refractivity contribution in [1.29, 1.82) is 0 Å². The Morgan fingerprint density at radius 2 is 2.05 bits per heavy atom. The number of carbonyl (C=O) groups is 1. The van der Waals surface area contributed by atoms with Gasteiger partial charge in [-0.05, 0) is 35.7 Å². The molecule has 98 valence electrons. The van der Waals surface area contributed by atoms with Crippen LogP contribution in [0.5, 0.6) is 0 Å². The molecule has 0 aromatic heterocycles. The minimum absolute atomic E-state index is 0.0266. The molecule has 0 radical (unpaired) electrons. The van der Waals surface area contributed by atoms with Crippen LogP contribution < -0.4 is 5.32 Å². The zero-order valence-corrected chi connectivity index (χ0v) is 10.8. The summed E-state index contributed by atoms with van der Waals surface area (Å²) in [7, 11) is 0. The molecule has 3 heteroatoms. The molecule has 1 N–H and O–H groups in total. The Bertz CT molecular complexity index is 588. The summed E-state index contributed by atoms with van der Waals surface area (Å²) < 4.78 is 5.49. The number of fused-ring (bicyclic) bond motifs is 1. The molecule has 1 saturated heterocycles. The van der Waals surface area contributed by atoms with Crippen molar-refractivity contribution >= 4 is 16.7 Å². The van der Waals surface area contributed by atoms with Crippen molar-refractivity contribution < 1.29 is 9.53 Å². The highest BCUT2D eigenvalue weighted by atomic mass is 16.5. The highest BCUT2D eigenvalue weighted by molar-refractivity contribution is 5.98. The topological polar surface area (TPSA) is 38.3 Å². The maximum absolute atomic E-state index is 12.1. The number of ether oxygens (including phenoxy) is 1. The van der Waals surface area contributed by atoms with Gasteiger partial charge < -0.3 is 10.1 Å². The highest BCUT2D eigenvalue weighted by Gasteiger charge is 2.16. The molecule has 1 atom stereocenters. The second-order valence-corrected chi connectivity index (χ2v) is 4.91. The average molecular weight is 255 g/mol. The summed E-state index contributed by atoms with van der Waals surface area (Å²) in [6.07, 6.45) is 2.32. The van der Waals surface area contributed by atoms with Crippen LogP contribution in [0, 0.1) is 0 Å². The molecule has 1 heterocycles. The van der Waals surface area contributed by atoms with E-state index < -0.39 is 0 Å². The molecule has 1 amide bonds. The molecule has 1 aliphatic rings. The van der Waals surface area contributed by atoms with E-state index in [1.165, 1.54) is 0 Å². The zero-order chi connectivity index (χ0) is 13.1. The van der Waals surface area contributed by atoms with Gasteiger partial charge in [-0.15, -0.1) is 0 Å². The third-order valence-electron chi connectivity index (χ3n) is 3.53. The zero-order valence-electron chi connectivity index (χ0n) is 10.8. The van der Waals surface area contributed by atoms with Crippen molar-refractivity contribution in [1.82, 2.24) is 5.32 Å². The third-order valence-corrected chi connectivity index (χ3v) is 3.53. The van der Waals surface area contributed by atoms with Gasteiger partial charge >= 0.3 is 0 Å². The smallest absolute Gasteiger partial charge is 0.251 e. The number of amides is 1. The molecule has 3 nitrogen and oxygen atoms in total. The Hall–Kier alpha value is -1.87. The Kier molecular flexibility index (Phi) is 3.47. The SMILES string of the molecule is O=C(NC[C@@H]1CCCO1)c1ccc2ccccc2c1. The van der Waals surface area contributed by atoms with Gasteiger partial charge in [-0.2, -0.15) is 0 Å². The van der Waals surface area contributed by atoms with E-state index in [4.69, 9.17) is 4.74 Å².